The summed E-state index contributed by atoms with van der Waals surface area (Å²) in [6.45, 7) is 4.28. The first-order valence-electron chi connectivity index (χ1n) is 8.11. The highest BCUT2D eigenvalue weighted by Gasteiger charge is 2.23. The Balaban J connectivity index is 1.99. The standard InChI is InChI=1S/C17H24N2O4/c1-2-3-5-16(22)18-6-4-7-19(9-8-18)17(23)13-10-14(20)12-15(21)11-13/h10-12,20-21H,2-9H2,1H3. The van der Waals surface area contributed by atoms with Gasteiger partial charge < -0.3 is 20.0 Å². The van der Waals surface area contributed by atoms with Crippen molar-refractivity contribution in [3.63, 3.8) is 0 Å². The van der Waals surface area contributed by atoms with Crippen molar-refractivity contribution < 1.29 is 19.8 Å². The number of phenols is 2. The van der Waals surface area contributed by atoms with Gasteiger partial charge in [0.2, 0.25) is 5.91 Å². The van der Waals surface area contributed by atoms with Crippen LogP contribution in [0.1, 0.15) is 43.0 Å². The van der Waals surface area contributed by atoms with Gasteiger partial charge in [0.05, 0.1) is 0 Å². The van der Waals surface area contributed by atoms with Crippen LogP contribution in [0.4, 0.5) is 0 Å². The van der Waals surface area contributed by atoms with Crippen LogP contribution >= 0.6 is 0 Å². The number of carbonyl (C=O) groups is 2. The van der Waals surface area contributed by atoms with Crippen molar-refractivity contribution in [2.24, 2.45) is 0 Å². The van der Waals surface area contributed by atoms with Crippen LogP contribution in [-0.2, 0) is 4.79 Å². The Bertz CT molecular complexity index is 553. The van der Waals surface area contributed by atoms with Gasteiger partial charge >= 0.3 is 0 Å². The number of benzene rings is 1. The molecule has 1 heterocycles. The second-order valence-electron chi connectivity index (χ2n) is 5.87. The maximum absolute atomic E-state index is 12.5. The van der Waals surface area contributed by atoms with Crippen LogP contribution in [0.5, 0.6) is 11.5 Å². The molecule has 0 saturated carbocycles. The first kappa shape index (κ1) is 17.1. The van der Waals surface area contributed by atoms with Crippen LogP contribution in [0, 0.1) is 0 Å². The van der Waals surface area contributed by atoms with Crippen LogP contribution in [-0.4, -0.2) is 58.0 Å². The summed E-state index contributed by atoms with van der Waals surface area (Å²) in [5.41, 5.74) is 0.258. The minimum atomic E-state index is -0.237. The number of phenolic OH excluding ortho intramolecular Hbond substituents is 2. The van der Waals surface area contributed by atoms with E-state index in [4.69, 9.17) is 0 Å². The molecule has 0 aliphatic carbocycles. The molecular weight excluding hydrogens is 296 g/mol. The lowest BCUT2D eigenvalue weighted by Gasteiger charge is -2.22. The van der Waals surface area contributed by atoms with Gasteiger partial charge in [0.25, 0.3) is 5.91 Å². The smallest absolute Gasteiger partial charge is 0.254 e. The molecule has 1 aliphatic heterocycles. The number of amides is 2. The summed E-state index contributed by atoms with van der Waals surface area (Å²) in [4.78, 5) is 28.1. The number of hydrogen-bond donors (Lipinski definition) is 2. The second kappa shape index (κ2) is 7.85. The Kier molecular flexibility index (Phi) is 5.84. The molecule has 1 aromatic carbocycles. The van der Waals surface area contributed by atoms with E-state index < -0.39 is 0 Å². The Morgan fingerprint density at radius 2 is 1.61 bits per heavy atom. The van der Waals surface area contributed by atoms with E-state index in [2.05, 4.69) is 6.92 Å². The summed E-state index contributed by atoms with van der Waals surface area (Å²) in [5, 5.41) is 19.0. The first-order chi connectivity index (χ1) is 11.0. The number of nitrogens with zero attached hydrogens (tertiary/aromatic N) is 2. The third-order valence-electron chi connectivity index (χ3n) is 4.03. The van der Waals surface area contributed by atoms with E-state index in [-0.39, 0.29) is 28.9 Å². The van der Waals surface area contributed by atoms with Gasteiger partial charge in [0.1, 0.15) is 11.5 Å². The van der Waals surface area contributed by atoms with Crippen LogP contribution in [0.3, 0.4) is 0 Å². The fourth-order valence-electron chi connectivity index (χ4n) is 2.76. The molecule has 1 fully saturated rings. The molecule has 2 N–H and O–H groups in total. The quantitative estimate of drug-likeness (QED) is 0.888. The molecule has 2 rings (SSSR count). The van der Waals surface area contributed by atoms with Crippen LogP contribution in [0.2, 0.25) is 0 Å². The molecule has 0 aromatic heterocycles. The lowest BCUT2D eigenvalue weighted by molar-refractivity contribution is -0.131. The fourth-order valence-corrected chi connectivity index (χ4v) is 2.76. The van der Waals surface area contributed by atoms with Gasteiger partial charge in [-0.3, -0.25) is 9.59 Å². The summed E-state index contributed by atoms with van der Waals surface area (Å²) < 4.78 is 0. The molecular formula is C17H24N2O4. The van der Waals surface area contributed by atoms with Crippen molar-refractivity contribution in [3.05, 3.63) is 23.8 Å². The molecule has 1 aromatic rings. The zero-order valence-electron chi connectivity index (χ0n) is 13.5. The normalized spacial score (nSPS) is 15.3. The largest absolute Gasteiger partial charge is 0.508 e. The molecule has 126 valence electrons. The number of aromatic hydroxyl groups is 2. The monoisotopic (exact) mass is 320 g/mol. The van der Waals surface area contributed by atoms with Crippen molar-refractivity contribution in [2.45, 2.75) is 32.6 Å². The Morgan fingerprint density at radius 1 is 1.00 bits per heavy atom. The van der Waals surface area contributed by atoms with E-state index in [1.165, 1.54) is 18.2 Å². The molecule has 2 amide bonds. The van der Waals surface area contributed by atoms with Gasteiger partial charge in [-0.1, -0.05) is 13.3 Å². The molecule has 0 atom stereocenters. The zero-order valence-corrected chi connectivity index (χ0v) is 13.5. The highest BCUT2D eigenvalue weighted by Crippen LogP contribution is 2.22. The molecule has 0 bridgehead atoms. The Morgan fingerprint density at radius 3 is 2.26 bits per heavy atom. The van der Waals surface area contributed by atoms with E-state index in [0.29, 0.717) is 32.6 Å². The summed E-state index contributed by atoms with van der Waals surface area (Å²) in [6.07, 6.45) is 3.17. The molecule has 6 nitrogen and oxygen atoms in total. The van der Waals surface area contributed by atoms with Crippen LogP contribution in [0.15, 0.2) is 18.2 Å². The molecule has 0 radical (unpaired) electrons. The molecule has 0 unspecified atom stereocenters. The van der Waals surface area contributed by atoms with Crippen molar-refractivity contribution in [1.29, 1.82) is 0 Å². The average Bonchev–Trinajstić information content (AvgIpc) is 2.77. The zero-order chi connectivity index (χ0) is 16.8. The molecule has 1 aliphatic rings. The van der Waals surface area contributed by atoms with Gasteiger partial charge in [0.15, 0.2) is 0 Å². The average molecular weight is 320 g/mol. The lowest BCUT2D eigenvalue weighted by atomic mass is 10.1. The predicted molar refractivity (Wildman–Crippen MR) is 86.4 cm³/mol. The van der Waals surface area contributed by atoms with E-state index in [9.17, 15) is 19.8 Å². The van der Waals surface area contributed by atoms with Crippen LogP contribution < -0.4 is 0 Å². The van der Waals surface area contributed by atoms with Crippen molar-refractivity contribution in [1.82, 2.24) is 9.80 Å². The first-order valence-corrected chi connectivity index (χ1v) is 8.11. The van der Waals surface area contributed by atoms with E-state index in [1.54, 1.807) is 4.90 Å². The second-order valence-corrected chi connectivity index (χ2v) is 5.87. The van der Waals surface area contributed by atoms with Gasteiger partial charge in [-0.05, 0) is 25.0 Å². The van der Waals surface area contributed by atoms with E-state index in [0.717, 1.165) is 19.3 Å². The number of hydrogen-bond acceptors (Lipinski definition) is 4. The number of rotatable bonds is 4. The molecule has 6 heteroatoms. The summed E-state index contributed by atoms with van der Waals surface area (Å²) in [7, 11) is 0. The minimum Gasteiger partial charge on any atom is -0.508 e. The summed E-state index contributed by atoms with van der Waals surface area (Å²) >= 11 is 0. The lowest BCUT2D eigenvalue weighted by Crippen LogP contribution is -2.37. The molecule has 23 heavy (non-hydrogen) atoms. The summed E-state index contributed by atoms with van der Waals surface area (Å²) in [6, 6.07) is 3.88. The maximum Gasteiger partial charge on any atom is 0.254 e. The van der Waals surface area contributed by atoms with Gasteiger partial charge in [-0.25, -0.2) is 0 Å². The fraction of sp³-hybridized carbons (Fsp3) is 0.529. The van der Waals surface area contributed by atoms with Crippen molar-refractivity contribution in [3.8, 4) is 11.5 Å². The van der Waals surface area contributed by atoms with Crippen molar-refractivity contribution in [2.75, 3.05) is 26.2 Å². The minimum absolute atomic E-state index is 0.139. The highest BCUT2D eigenvalue weighted by atomic mass is 16.3. The number of unbranched alkanes of at least 4 members (excludes halogenated alkanes) is 1. The van der Waals surface area contributed by atoms with Gasteiger partial charge in [-0.2, -0.15) is 0 Å². The SMILES string of the molecule is CCCCC(=O)N1CCCN(C(=O)c2cc(O)cc(O)c2)CC1. The van der Waals surface area contributed by atoms with Crippen molar-refractivity contribution >= 4 is 11.8 Å². The highest BCUT2D eigenvalue weighted by molar-refractivity contribution is 5.95. The molecule has 0 spiro atoms. The van der Waals surface area contributed by atoms with Gasteiger partial charge in [-0.15, -0.1) is 0 Å². The maximum atomic E-state index is 12.5. The third-order valence-corrected chi connectivity index (χ3v) is 4.03. The number of carbonyl (C=O) groups excluding carboxylic acids is 2. The third kappa shape index (κ3) is 4.61. The Labute approximate surface area is 136 Å². The summed E-state index contributed by atoms with van der Waals surface area (Å²) in [5.74, 6) is -0.366. The predicted octanol–water partition coefficient (Wildman–Crippen LogP) is 1.96. The van der Waals surface area contributed by atoms with E-state index in [1.807, 2.05) is 4.90 Å². The topological polar surface area (TPSA) is 81.1 Å². The van der Waals surface area contributed by atoms with Crippen LogP contribution in [0.25, 0.3) is 0 Å². The molecule has 1 saturated heterocycles. The van der Waals surface area contributed by atoms with E-state index >= 15 is 0 Å². The van der Waals surface area contributed by atoms with Gasteiger partial charge in [0, 0.05) is 44.2 Å². The Hall–Kier alpha value is -2.24.